The monoisotopic (exact) mass is 211 g/mol. The Hall–Kier alpha value is -0.870. The number of hydrogen-bond donors (Lipinski definition) is 2. The Bertz CT molecular complexity index is 305. The van der Waals surface area contributed by atoms with E-state index >= 15 is 0 Å². The molecule has 0 aliphatic rings. The number of nitrogens with zero attached hydrogens (tertiary/aromatic N) is 2. The van der Waals surface area contributed by atoms with Crippen LogP contribution in [0.1, 0.15) is 26.5 Å². The van der Waals surface area contributed by atoms with E-state index in [2.05, 4.69) is 10.4 Å². The minimum Gasteiger partial charge on any atom is -0.389 e. The Morgan fingerprint density at radius 1 is 1.60 bits per heavy atom. The largest absolute Gasteiger partial charge is 0.389 e. The molecule has 1 unspecified atom stereocenters. The van der Waals surface area contributed by atoms with Gasteiger partial charge in [-0.1, -0.05) is 13.8 Å². The van der Waals surface area contributed by atoms with Gasteiger partial charge >= 0.3 is 0 Å². The number of aryl methyl sites for hydroxylation is 1. The van der Waals surface area contributed by atoms with Gasteiger partial charge in [0.15, 0.2) is 0 Å². The molecular formula is C11H21N3O. The van der Waals surface area contributed by atoms with Gasteiger partial charge in [0.2, 0.25) is 0 Å². The molecule has 1 heterocycles. The van der Waals surface area contributed by atoms with Crippen LogP contribution in [0.15, 0.2) is 12.3 Å². The fraction of sp³-hybridized carbons (Fsp3) is 0.727. The summed E-state index contributed by atoms with van der Waals surface area (Å²) in [5.74, 6) is 0.244. The molecule has 0 aliphatic heterocycles. The molecule has 0 fully saturated rings. The van der Waals surface area contributed by atoms with E-state index in [4.69, 9.17) is 0 Å². The third kappa shape index (κ3) is 3.64. The fourth-order valence-electron chi connectivity index (χ4n) is 1.21. The van der Waals surface area contributed by atoms with Crippen molar-refractivity contribution >= 4 is 0 Å². The summed E-state index contributed by atoms with van der Waals surface area (Å²) in [7, 11) is 1.90. The summed E-state index contributed by atoms with van der Waals surface area (Å²) < 4.78 is 1.78. The summed E-state index contributed by atoms with van der Waals surface area (Å²) in [5.41, 5.74) is 0.339. The van der Waals surface area contributed by atoms with E-state index < -0.39 is 5.60 Å². The second-order valence-electron chi connectivity index (χ2n) is 4.60. The standard InChI is InChI=1S/C11H21N3O/c1-9(2)11(3,15)8-12-7-10-5-6-14(4)13-10/h5-6,9,12,15H,7-8H2,1-4H3. The first-order valence-electron chi connectivity index (χ1n) is 5.33. The Kier molecular flexibility index (Phi) is 3.88. The maximum absolute atomic E-state index is 9.99. The molecule has 0 amide bonds. The first kappa shape index (κ1) is 12.2. The predicted octanol–water partition coefficient (Wildman–Crippen LogP) is 0.917. The van der Waals surface area contributed by atoms with E-state index in [1.165, 1.54) is 0 Å². The highest BCUT2D eigenvalue weighted by atomic mass is 16.3. The third-order valence-electron chi connectivity index (χ3n) is 2.80. The first-order valence-corrected chi connectivity index (χ1v) is 5.33. The lowest BCUT2D eigenvalue weighted by molar-refractivity contribution is 0.0139. The fourth-order valence-corrected chi connectivity index (χ4v) is 1.21. The van der Waals surface area contributed by atoms with Crippen LogP contribution in [0.4, 0.5) is 0 Å². The lowest BCUT2D eigenvalue weighted by atomic mass is 9.92. The van der Waals surface area contributed by atoms with Crippen LogP contribution in [0.5, 0.6) is 0 Å². The highest BCUT2D eigenvalue weighted by Crippen LogP contribution is 2.14. The Labute approximate surface area is 91.3 Å². The molecule has 1 aromatic heterocycles. The summed E-state index contributed by atoms with van der Waals surface area (Å²) in [5, 5.41) is 17.4. The van der Waals surface area contributed by atoms with Gasteiger partial charge in [0.25, 0.3) is 0 Å². The maximum Gasteiger partial charge on any atom is 0.0766 e. The number of nitrogens with one attached hydrogen (secondary N) is 1. The molecule has 2 N–H and O–H groups in total. The van der Waals surface area contributed by atoms with Crippen molar-refractivity contribution in [2.75, 3.05) is 6.54 Å². The molecule has 0 aliphatic carbocycles. The molecule has 86 valence electrons. The minimum atomic E-state index is -0.658. The molecule has 1 atom stereocenters. The smallest absolute Gasteiger partial charge is 0.0766 e. The number of rotatable bonds is 5. The minimum absolute atomic E-state index is 0.244. The average molecular weight is 211 g/mol. The SMILES string of the molecule is CC(C)C(C)(O)CNCc1ccn(C)n1. The second-order valence-corrected chi connectivity index (χ2v) is 4.60. The summed E-state index contributed by atoms with van der Waals surface area (Å²) >= 11 is 0. The lowest BCUT2D eigenvalue weighted by Crippen LogP contribution is -2.42. The normalized spacial score (nSPS) is 15.6. The van der Waals surface area contributed by atoms with Gasteiger partial charge in [0, 0.05) is 26.3 Å². The molecule has 0 spiro atoms. The third-order valence-corrected chi connectivity index (χ3v) is 2.80. The lowest BCUT2D eigenvalue weighted by Gasteiger charge is -2.27. The molecule has 0 aromatic carbocycles. The van der Waals surface area contributed by atoms with Crippen molar-refractivity contribution in [1.29, 1.82) is 0 Å². The molecule has 1 aromatic rings. The molecular weight excluding hydrogens is 190 g/mol. The number of aliphatic hydroxyl groups is 1. The highest BCUT2D eigenvalue weighted by molar-refractivity contribution is 4.98. The summed E-state index contributed by atoms with van der Waals surface area (Å²) in [6, 6.07) is 1.97. The molecule has 0 saturated carbocycles. The van der Waals surface area contributed by atoms with Crippen molar-refractivity contribution in [2.45, 2.75) is 32.9 Å². The van der Waals surface area contributed by atoms with Crippen molar-refractivity contribution < 1.29 is 5.11 Å². The van der Waals surface area contributed by atoms with Gasteiger partial charge in [-0.2, -0.15) is 5.10 Å². The molecule has 4 nitrogen and oxygen atoms in total. The number of aromatic nitrogens is 2. The molecule has 0 saturated heterocycles. The van der Waals surface area contributed by atoms with E-state index in [0.717, 1.165) is 5.69 Å². The predicted molar refractivity (Wildman–Crippen MR) is 60.4 cm³/mol. The molecule has 0 bridgehead atoms. The van der Waals surface area contributed by atoms with Crippen LogP contribution in [0.3, 0.4) is 0 Å². The molecule has 1 rings (SSSR count). The van der Waals surface area contributed by atoms with Crippen LogP contribution in [0, 0.1) is 5.92 Å². The van der Waals surface area contributed by atoms with Crippen molar-refractivity contribution in [1.82, 2.24) is 15.1 Å². The molecule has 15 heavy (non-hydrogen) atoms. The quantitative estimate of drug-likeness (QED) is 0.761. The Morgan fingerprint density at radius 3 is 2.73 bits per heavy atom. The molecule has 0 radical (unpaired) electrons. The summed E-state index contributed by atoms with van der Waals surface area (Å²) in [6.45, 7) is 7.17. The van der Waals surface area contributed by atoms with Gasteiger partial charge < -0.3 is 10.4 Å². The van der Waals surface area contributed by atoms with Crippen molar-refractivity contribution in [3.05, 3.63) is 18.0 Å². The van der Waals surface area contributed by atoms with Gasteiger partial charge in [0.1, 0.15) is 0 Å². The van der Waals surface area contributed by atoms with Crippen LogP contribution in [0.25, 0.3) is 0 Å². The van der Waals surface area contributed by atoms with Crippen molar-refractivity contribution in [2.24, 2.45) is 13.0 Å². The van der Waals surface area contributed by atoms with Gasteiger partial charge in [-0.15, -0.1) is 0 Å². The van der Waals surface area contributed by atoms with Crippen molar-refractivity contribution in [3.63, 3.8) is 0 Å². The van der Waals surface area contributed by atoms with E-state index in [0.29, 0.717) is 13.1 Å². The van der Waals surface area contributed by atoms with Crippen LogP contribution in [-0.4, -0.2) is 27.0 Å². The van der Waals surface area contributed by atoms with Crippen LogP contribution < -0.4 is 5.32 Å². The van der Waals surface area contributed by atoms with Crippen LogP contribution in [0.2, 0.25) is 0 Å². The zero-order chi connectivity index (χ0) is 11.5. The summed E-state index contributed by atoms with van der Waals surface area (Å²) in [6.07, 6.45) is 1.91. The number of hydrogen-bond acceptors (Lipinski definition) is 3. The van der Waals surface area contributed by atoms with Crippen LogP contribution >= 0.6 is 0 Å². The zero-order valence-electron chi connectivity index (χ0n) is 9.99. The van der Waals surface area contributed by atoms with Gasteiger partial charge in [0.05, 0.1) is 11.3 Å². The Balaban J connectivity index is 2.33. The highest BCUT2D eigenvalue weighted by Gasteiger charge is 2.23. The first-order chi connectivity index (χ1) is 6.92. The zero-order valence-corrected chi connectivity index (χ0v) is 9.99. The van der Waals surface area contributed by atoms with Crippen molar-refractivity contribution in [3.8, 4) is 0 Å². The Morgan fingerprint density at radius 2 is 2.27 bits per heavy atom. The topological polar surface area (TPSA) is 50.1 Å². The maximum atomic E-state index is 9.99. The van der Waals surface area contributed by atoms with Crippen LogP contribution in [-0.2, 0) is 13.6 Å². The van der Waals surface area contributed by atoms with Gasteiger partial charge in [-0.05, 0) is 18.9 Å². The average Bonchev–Trinajstić information content (AvgIpc) is 2.51. The van der Waals surface area contributed by atoms with E-state index in [-0.39, 0.29) is 5.92 Å². The van der Waals surface area contributed by atoms with Gasteiger partial charge in [-0.3, -0.25) is 4.68 Å². The summed E-state index contributed by atoms with van der Waals surface area (Å²) in [4.78, 5) is 0. The second kappa shape index (κ2) is 4.77. The van der Waals surface area contributed by atoms with E-state index in [1.807, 2.05) is 40.1 Å². The van der Waals surface area contributed by atoms with E-state index in [9.17, 15) is 5.11 Å². The molecule has 4 heteroatoms. The van der Waals surface area contributed by atoms with E-state index in [1.54, 1.807) is 4.68 Å². The van der Waals surface area contributed by atoms with Gasteiger partial charge in [-0.25, -0.2) is 0 Å².